The predicted octanol–water partition coefficient (Wildman–Crippen LogP) is 3.09. The SMILES string of the molecule is Cc1ccc(C(F)(F)F)cc1NC(=O)[C@H]1CCCCN1. The molecule has 0 spiro atoms. The summed E-state index contributed by atoms with van der Waals surface area (Å²) in [5.41, 5.74) is 0.0781. The Morgan fingerprint density at radius 3 is 2.70 bits per heavy atom. The van der Waals surface area contributed by atoms with E-state index >= 15 is 0 Å². The molecule has 0 radical (unpaired) electrons. The summed E-state index contributed by atoms with van der Waals surface area (Å²) in [5.74, 6) is -0.271. The maximum Gasteiger partial charge on any atom is 0.416 e. The van der Waals surface area contributed by atoms with Crippen LogP contribution in [0.25, 0.3) is 0 Å². The van der Waals surface area contributed by atoms with Gasteiger partial charge in [-0.3, -0.25) is 4.79 Å². The van der Waals surface area contributed by atoms with Crippen molar-refractivity contribution in [1.29, 1.82) is 0 Å². The Morgan fingerprint density at radius 1 is 1.35 bits per heavy atom. The number of aryl methyl sites for hydroxylation is 1. The minimum absolute atomic E-state index is 0.220. The fourth-order valence-electron chi connectivity index (χ4n) is 2.23. The number of hydrogen-bond donors (Lipinski definition) is 2. The van der Waals surface area contributed by atoms with Crippen molar-refractivity contribution in [3.8, 4) is 0 Å². The molecule has 3 nitrogen and oxygen atoms in total. The molecule has 0 unspecified atom stereocenters. The molecule has 1 amide bonds. The molecule has 0 aliphatic carbocycles. The summed E-state index contributed by atoms with van der Waals surface area (Å²) in [6.45, 7) is 2.43. The van der Waals surface area contributed by atoms with Crippen LogP contribution in [0.1, 0.15) is 30.4 Å². The van der Waals surface area contributed by atoms with Crippen LogP contribution in [0.15, 0.2) is 18.2 Å². The lowest BCUT2D eigenvalue weighted by Gasteiger charge is -2.23. The van der Waals surface area contributed by atoms with Gasteiger partial charge >= 0.3 is 6.18 Å². The molecule has 0 aromatic heterocycles. The molecule has 1 aliphatic heterocycles. The summed E-state index contributed by atoms with van der Waals surface area (Å²) in [7, 11) is 0. The van der Waals surface area contributed by atoms with Gasteiger partial charge in [-0.2, -0.15) is 13.2 Å². The summed E-state index contributed by atoms with van der Waals surface area (Å²) >= 11 is 0. The maximum absolute atomic E-state index is 12.7. The molecule has 2 rings (SSSR count). The number of carbonyl (C=O) groups excluding carboxylic acids is 1. The van der Waals surface area contributed by atoms with E-state index < -0.39 is 11.7 Å². The molecule has 1 heterocycles. The highest BCUT2D eigenvalue weighted by Gasteiger charge is 2.31. The van der Waals surface area contributed by atoms with Crippen LogP contribution in [0.5, 0.6) is 0 Å². The Balaban J connectivity index is 2.13. The smallest absolute Gasteiger partial charge is 0.324 e. The lowest BCUT2D eigenvalue weighted by atomic mass is 10.0. The molecule has 1 saturated heterocycles. The van der Waals surface area contributed by atoms with E-state index in [-0.39, 0.29) is 17.6 Å². The van der Waals surface area contributed by atoms with Crippen molar-refractivity contribution in [3.05, 3.63) is 29.3 Å². The zero-order chi connectivity index (χ0) is 14.8. The highest BCUT2D eigenvalue weighted by atomic mass is 19.4. The molecule has 20 heavy (non-hydrogen) atoms. The quantitative estimate of drug-likeness (QED) is 0.877. The largest absolute Gasteiger partial charge is 0.416 e. The van der Waals surface area contributed by atoms with Crippen molar-refractivity contribution < 1.29 is 18.0 Å². The van der Waals surface area contributed by atoms with Crippen molar-refractivity contribution in [2.45, 2.75) is 38.4 Å². The second-order valence-electron chi connectivity index (χ2n) is 5.02. The summed E-state index contributed by atoms with van der Waals surface area (Å²) < 4.78 is 38.0. The average Bonchev–Trinajstić information content (AvgIpc) is 2.41. The van der Waals surface area contributed by atoms with Crippen LogP contribution >= 0.6 is 0 Å². The van der Waals surface area contributed by atoms with Crippen molar-refractivity contribution in [1.82, 2.24) is 5.32 Å². The highest BCUT2D eigenvalue weighted by molar-refractivity contribution is 5.95. The first-order valence-corrected chi connectivity index (χ1v) is 6.60. The fraction of sp³-hybridized carbons (Fsp3) is 0.500. The Hall–Kier alpha value is -1.56. The summed E-state index contributed by atoms with van der Waals surface area (Å²) in [6, 6.07) is 3.05. The van der Waals surface area contributed by atoms with Gasteiger partial charge in [-0.05, 0) is 44.0 Å². The molecule has 6 heteroatoms. The van der Waals surface area contributed by atoms with E-state index in [0.717, 1.165) is 31.5 Å². The van der Waals surface area contributed by atoms with Crippen molar-refractivity contribution in [2.24, 2.45) is 0 Å². The molecule has 0 bridgehead atoms. The molecule has 110 valence electrons. The third-order valence-corrected chi connectivity index (χ3v) is 3.45. The van der Waals surface area contributed by atoms with Gasteiger partial charge in [-0.25, -0.2) is 0 Å². The van der Waals surface area contributed by atoms with E-state index in [1.165, 1.54) is 6.07 Å². The summed E-state index contributed by atoms with van der Waals surface area (Å²) in [4.78, 5) is 12.0. The van der Waals surface area contributed by atoms with Crippen molar-refractivity contribution in [3.63, 3.8) is 0 Å². The second-order valence-corrected chi connectivity index (χ2v) is 5.02. The predicted molar refractivity (Wildman–Crippen MR) is 70.5 cm³/mol. The number of piperidine rings is 1. The first-order valence-electron chi connectivity index (χ1n) is 6.60. The molecule has 1 aromatic carbocycles. The minimum atomic E-state index is -4.41. The average molecular weight is 286 g/mol. The Labute approximate surface area is 115 Å². The standard InChI is InChI=1S/C14H17F3N2O/c1-9-5-6-10(14(15,16)17)8-12(9)19-13(20)11-4-2-3-7-18-11/h5-6,8,11,18H,2-4,7H2,1H3,(H,19,20)/t11-/m1/s1. The molecule has 1 atom stereocenters. The van der Waals surface area contributed by atoms with Crippen molar-refractivity contribution >= 4 is 11.6 Å². The van der Waals surface area contributed by atoms with Gasteiger partial charge in [0.1, 0.15) is 0 Å². The number of rotatable bonds is 2. The van der Waals surface area contributed by atoms with Crippen LogP contribution in [0.3, 0.4) is 0 Å². The van der Waals surface area contributed by atoms with Gasteiger partial charge in [-0.15, -0.1) is 0 Å². The van der Waals surface area contributed by atoms with E-state index in [0.29, 0.717) is 12.0 Å². The van der Waals surface area contributed by atoms with E-state index in [4.69, 9.17) is 0 Å². The van der Waals surface area contributed by atoms with Crippen LogP contribution in [0.4, 0.5) is 18.9 Å². The monoisotopic (exact) mass is 286 g/mol. The van der Waals surface area contributed by atoms with Crippen LogP contribution in [-0.2, 0) is 11.0 Å². The molecule has 0 saturated carbocycles. The molecule has 2 N–H and O–H groups in total. The minimum Gasteiger partial charge on any atom is -0.324 e. The van der Waals surface area contributed by atoms with Gasteiger partial charge in [0.2, 0.25) is 5.91 Å². The second kappa shape index (κ2) is 5.83. The summed E-state index contributed by atoms with van der Waals surface area (Å²) in [6.07, 6.45) is -1.72. The molecular formula is C14H17F3N2O. The molecule has 1 aromatic rings. The number of nitrogens with one attached hydrogen (secondary N) is 2. The fourth-order valence-corrected chi connectivity index (χ4v) is 2.23. The number of anilines is 1. The number of carbonyl (C=O) groups is 1. The van der Waals surface area contributed by atoms with E-state index in [1.54, 1.807) is 6.92 Å². The lowest BCUT2D eigenvalue weighted by Crippen LogP contribution is -2.43. The zero-order valence-electron chi connectivity index (χ0n) is 11.2. The first-order chi connectivity index (χ1) is 9.38. The number of hydrogen-bond acceptors (Lipinski definition) is 2. The maximum atomic E-state index is 12.7. The lowest BCUT2D eigenvalue weighted by molar-refractivity contribution is -0.137. The van der Waals surface area contributed by atoms with E-state index in [1.807, 2.05) is 0 Å². The first kappa shape index (κ1) is 14.8. The van der Waals surface area contributed by atoms with Gasteiger partial charge in [0.25, 0.3) is 0 Å². The van der Waals surface area contributed by atoms with Gasteiger partial charge in [0.05, 0.1) is 11.6 Å². The molecular weight excluding hydrogens is 269 g/mol. The van der Waals surface area contributed by atoms with Crippen LogP contribution in [-0.4, -0.2) is 18.5 Å². The number of benzene rings is 1. The third-order valence-electron chi connectivity index (χ3n) is 3.45. The van der Waals surface area contributed by atoms with Crippen LogP contribution in [0, 0.1) is 6.92 Å². The Bertz CT molecular complexity index is 494. The van der Waals surface area contributed by atoms with Gasteiger partial charge in [0.15, 0.2) is 0 Å². The van der Waals surface area contributed by atoms with E-state index in [2.05, 4.69) is 10.6 Å². The Morgan fingerprint density at radius 2 is 2.10 bits per heavy atom. The number of halogens is 3. The zero-order valence-corrected chi connectivity index (χ0v) is 11.2. The van der Waals surface area contributed by atoms with Gasteiger partial charge in [0, 0.05) is 5.69 Å². The topological polar surface area (TPSA) is 41.1 Å². The van der Waals surface area contributed by atoms with Crippen LogP contribution < -0.4 is 10.6 Å². The normalized spacial score (nSPS) is 19.7. The van der Waals surface area contributed by atoms with Crippen LogP contribution in [0.2, 0.25) is 0 Å². The molecule has 1 aliphatic rings. The van der Waals surface area contributed by atoms with Gasteiger partial charge < -0.3 is 10.6 Å². The van der Waals surface area contributed by atoms with E-state index in [9.17, 15) is 18.0 Å². The Kier molecular flexibility index (Phi) is 4.32. The van der Waals surface area contributed by atoms with Gasteiger partial charge in [-0.1, -0.05) is 12.5 Å². The number of alkyl halides is 3. The number of amides is 1. The summed E-state index contributed by atoms with van der Waals surface area (Å²) in [5, 5.41) is 5.66. The highest BCUT2D eigenvalue weighted by Crippen LogP contribution is 2.32. The molecule has 1 fully saturated rings. The van der Waals surface area contributed by atoms with Crippen molar-refractivity contribution in [2.75, 3.05) is 11.9 Å². The third kappa shape index (κ3) is 3.50.